The van der Waals surface area contributed by atoms with Crippen molar-refractivity contribution in [2.75, 3.05) is 5.32 Å². The Labute approximate surface area is 118 Å². The zero-order chi connectivity index (χ0) is 14.4. The van der Waals surface area contributed by atoms with Crippen LogP contribution in [0.4, 0.5) is 5.69 Å². The van der Waals surface area contributed by atoms with E-state index in [0.29, 0.717) is 5.11 Å². The van der Waals surface area contributed by atoms with Crippen LogP contribution >= 0.6 is 12.2 Å². The summed E-state index contributed by atoms with van der Waals surface area (Å²) in [4.78, 5) is 26.5. The second-order valence-electron chi connectivity index (χ2n) is 3.73. The molecule has 8 heteroatoms. The van der Waals surface area contributed by atoms with Crippen molar-refractivity contribution in [3.05, 3.63) is 62.9 Å². The summed E-state index contributed by atoms with van der Waals surface area (Å²) in [5.41, 5.74) is 2.58. The molecule has 2 aromatic rings. The Morgan fingerprint density at radius 1 is 1.20 bits per heavy atom. The van der Waals surface area contributed by atoms with Gasteiger partial charge in [-0.05, 0) is 24.4 Å². The Balaban J connectivity index is 1.94. The van der Waals surface area contributed by atoms with Crippen LogP contribution < -0.4 is 22.0 Å². The number of anilines is 1. The third kappa shape index (κ3) is 4.18. The van der Waals surface area contributed by atoms with Crippen molar-refractivity contribution in [2.45, 2.75) is 0 Å². The predicted molar refractivity (Wildman–Crippen MR) is 81.1 cm³/mol. The molecule has 0 aliphatic carbocycles. The van der Waals surface area contributed by atoms with Gasteiger partial charge in [-0.1, -0.05) is 18.2 Å². The molecule has 0 amide bonds. The standard InChI is InChI=1S/C12H11N5O2S/c18-10-6-9(14-11(19)16-10)7-13-17-12(20)15-8-4-2-1-3-5-8/h1-7H,(H2,15,17,20)(H2,14,16,18,19)/b13-7-. The number of hydrogen-bond donors (Lipinski definition) is 4. The molecular formula is C12H11N5O2S. The second kappa shape index (κ2) is 6.43. The molecule has 1 aromatic heterocycles. The molecule has 0 aliphatic rings. The SMILES string of the molecule is O=c1cc(/C=N\NC(=S)Nc2ccccc2)[nH]c(=O)[nH]1. The molecule has 0 saturated heterocycles. The van der Waals surface area contributed by atoms with Gasteiger partial charge in [-0.25, -0.2) is 4.79 Å². The van der Waals surface area contributed by atoms with Crippen LogP contribution in [0.5, 0.6) is 0 Å². The van der Waals surface area contributed by atoms with Gasteiger partial charge in [0.25, 0.3) is 5.56 Å². The summed E-state index contributed by atoms with van der Waals surface area (Å²) in [5, 5.41) is 7.03. The Hall–Kier alpha value is -2.74. The Morgan fingerprint density at radius 3 is 2.65 bits per heavy atom. The van der Waals surface area contributed by atoms with E-state index in [4.69, 9.17) is 12.2 Å². The summed E-state index contributed by atoms with van der Waals surface area (Å²) in [6.07, 6.45) is 1.29. The second-order valence-corrected chi connectivity index (χ2v) is 4.14. The molecule has 4 N–H and O–H groups in total. The van der Waals surface area contributed by atoms with Gasteiger partial charge in [0, 0.05) is 11.8 Å². The van der Waals surface area contributed by atoms with E-state index >= 15 is 0 Å². The van der Waals surface area contributed by atoms with Gasteiger partial charge < -0.3 is 10.3 Å². The maximum Gasteiger partial charge on any atom is 0.326 e. The van der Waals surface area contributed by atoms with E-state index in [1.54, 1.807) is 0 Å². The Bertz CT molecular complexity index is 707. The van der Waals surface area contributed by atoms with Crippen molar-refractivity contribution in [1.29, 1.82) is 0 Å². The van der Waals surface area contributed by atoms with Crippen LogP contribution in [0.25, 0.3) is 0 Å². The minimum Gasteiger partial charge on any atom is -0.331 e. The highest BCUT2D eigenvalue weighted by Gasteiger charge is 1.95. The first kappa shape index (κ1) is 13.7. The average Bonchev–Trinajstić information content (AvgIpc) is 2.38. The van der Waals surface area contributed by atoms with E-state index in [1.807, 2.05) is 30.3 Å². The van der Waals surface area contributed by atoms with E-state index in [9.17, 15) is 9.59 Å². The minimum atomic E-state index is -0.594. The van der Waals surface area contributed by atoms with Gasteiger partial charge in [0.2, 0.25) is 0 Å². The van der Waals surface area contributed by atoms with Crippen LogP contribution in [-0.4, -0.2) is 21.3 Å². The summed E-state index contributed by atoms with van der Waals surface area (Å²) in [6, 6.07) is 10.5. The van der Waals surface area contributed by atoms with Crippen molar-refractivity contribution >= 4 is 29.2 Å². The molecule has 0 atom stereocenters. The number of rotatable bonds is 3. The van der Waals surface area contributed by atoms with Crippen molar-refractivity contribution < 1.29 is 0 Å². The summed E-state index contributed by atoms with van der Waals surface area (Å²) in [7, 11) is 0. The molecule has 0 fully saturated rings. The summed E-state index contributed by atoms with van der Waals surface area (Å²) in [5.74, 6) is 0. The van der Waals surface area contributed by atoms with E-state index in [0.717, 1.165) is 5.69 Å². The molecular weight excluding hydrogens is 278 g/mol. The van der Waals surface area contributed by atoms with Gasteiger partial charge in [0.05, 0.1) is 11.9 Å². The fraction of sp³-hybridized carbons (Fsp3) is 0. The van der Waals surface area contributed by atoms with E-state index in [1.165, 1.54) is 12.3 Å². The number of H-pyrrole nitrogens is 2. The molecule has 1 aromatic carbocycles. The first-order valence-electron chi connectivity index (χ1n) is 5.62. The largest absolute Gasteiger partial charge is 0.331 e. The number of benzene rings is 1. The minimum absolute atomic E-state index is 0.272. The maximum absolute atomic E-state index is 11.1. The first-order chi connectivity index (χ1) is 9.63. The van der Waals surface area contributed by atoms with Gasteiger partial charge in [-0.2, -0.15) is 5.10 Å². The number of nitrogens with one attached hydrogen (secondary N) is 4. The van der Waals surface area contributed by atoms with Crippen molar-refractivity contribution in [3.63, 3.8) is 0 Å². The lowest BCUT2D eigenvalue weighted by Crippen LogP contribution is -2.25. The van der Waals surface area contributed by atoms with Crippen molar-refractivity contribution in [3.8, 4) is 0 Å². The van der Waals surface area contributed by atoms with Gasteiger partial charge >= 0.3 is 5.69 Å². The highest BCUT2D eigenvalue weighted by molar-refractivity contribution is 7.80. The van der Waals surface area contributed by atoms with Crippen molar-refractivity contribution in [1.82, 2.24) is 15.4 Å². The highest BCUT2D eigenvalue weighted by atomic mass is 32.1. The zero-order valence-electron chi connectivity index (χ0n) is 10.2. The molecule has 2 rings (SSSR count). The molecule has 0 aliphatic heterocycles. The van der Waals surface area contributed by atoms with Crippen LogP contribution in [0.3, 0.4) is 0 Å². The van der Waals surface area contributed by atoms with E-state index < -0.39 is 11.2 Å². The fourth-order valence-electron chi connectivity index (χ4n) is 1.40. The number of aromatic amines is 2. The van der Waals surface area contributed by atoms with Crippen LogP contribution in [0.1, 0.15) is 5.69 Å². The lowest BCUT2D eigenvalue weighted by molar-refractivity contribution is 1.01. The molecule has 102 valence electrons. The highest BCUT2D eigenvalue weighted by Crippen LogP contribution is 2.03. The number of hydrazone groups is 1. The zero-order valence-corrected chi connectivity index (χ0v) is 11.0. The topological polar surface area (TPSA) is 102 Å². The average molecular weight is 289 g/mol. The molecule has 0 radical (unpaired) electrons. The van der Waals surface area contributed by atoms with Gasteiger partial charge in [0.15, 0.2) is 5.11 Å². The van der Waals surface area contributed by atoms with Crippen LogP contribution in [0.2, 0.25) is 0 Å². The third-order valence-electron chi connectivity index (χ3n) is 2.18. The summed E-state index contributed by atoms with van der Waals surface area (Å²) in [6.45, 7) is 0. The number of thiocarbonyl (C=S) groups is 1. The Morgan fingerprint density at radius 2 is 1.95 bits per heavy atom. The number of hydrogen-bond acceptors (Lipinski definition) is 4. The third-order valence-corrected chi connectivity index (χ3v) is 2.38. The molecule has 0 unspecified atom stereocenters. The maximum atomic E-state index is 11.1. The number of para-hydroxylation sites is 1. The molecule has 20 heavy (non-hydrogen) atoms. The number of nitrogens with zero attached hydrogens (tertiary/aromatic N) is 1. The smallest absolute Gasteiger partial charge is 0.326 e. The van der Waals surface area contributed by atoms with Gasteiger partial charge in [0.1, 0.15) is 0 Å². The molecule has 7 nitrogen and oxygen atoms in total. The van der Waals surface area contributed by atoms with Crippen LogP contribution in [0.15, 0.2) is 51.1 Å². The lowest BCUT2D eigenvalue weighted by Gasteiger charge is -2.05. The van der Waals surface area contributed by atoms with Crippen LogP contribution in [-0.2, 0) is 0 Å². The van der Waals surface area contributed by atoms with Crippen LogP contribution in [0, 0.1) is 0 Å². The van der Waals surface area contributed by atoms with E-state index in [-0.39, 0.29) is 5.69 Å². The molecule has 0 bridgehead atoms. The monoisotopic (exact) mass is 289 g/mol. The van der Waals surface area contributed by atoms with Gasteiger partial charge in [-0.15, -0.1) is 0 Å². The predicted octanol–water partition coefficient (Wildman–Crippen LogP) is 0.384. The molecule has 0 saturated carbocycles. The lowest BCUT2D eigenvalue weighted by atomic mass is 10.3. The summed E-state index contributed by atoms with van der Waals surface area (Å²) >= 11 is 5.03. The summed E-state index contributed by atoms with van der Waals surface area (Å²) < 4.78 is 0. The number of aromatic nitrogens is 2. The first-order valence-corrected chi connectivity index (χ1v) is 6.03. The Kier molecular flexibility index (Phi) is 4.40. The van der Waals surface area contributed by atoms with E-state index in [2.05, 4.69) is 25.8 Å². The normalized spacial score (nSPS) is 10.4. The molecule has 0 spiro atoms. The van der Waals surface area contributed by atoms with Crippen molar-refractivity contribution in [2.24, 2.45) is 5.10 Å². The van der Waals surface area contributed by atoms with Gasteiger partial charge in [-0.3, -0.25) is 15.2 Å². The quantitative estimate of drug-likeness (QED) is 0.372. The fourth-order valence-corrected chi connectivity index (χ4v) is 1.57. The molecule has 1 heterocycles.